The van der Waals surface area contributed by atoms with E-state index in [2.05, 4.69) is 10.3 Å². The highest BCUT2D eigenvalue weighted by atomic mass is 35.5. The van der Waals surface area contributed by atoms with Crippen molar-refractivity contribution in [3.63, 3.8) is 0 Å². The van der Waals surface area contributed by atoms with E-state index in [1.165, 1.54) is 24.3 Å². The normalized spacial score (nSPS) is 11.1. The number of rotatable bonds is 11. The van der Waals surface area contributed by atoms with Crippen molar-refractivity contribution in [3.8, 4) is 5.88 Å². The minimum Gasteiger partial charge on any atom is -0.431 e. The van der Waals surface area contributed by atoms with Crippen LogP contribution in [0, 0.1) is 0 Å². The summed E-state index contributed by atoms with van der Waals surface area (Å²) in [4.78, 5) is 40.2. The van der Waals surface area contributed by atoms with Gasteiger partial charge in [0.2, 0.25) is 5.88 Å². The van der Waals surface area contributed by atoms with E-state index in [-0.39, 0.29) is 28.4 Å². The van der Waals surface area contributed by atoms with Crippen LogP contribution in [0.1, 0.15) is 53.0 Å². The number of halogens is 1. The standard InChI is InChI=1S/C27H28ClN3O7S/c1-3-22(4-2)37-27(34)38-24-14-9-20(17-30-24)26(33)31-39(35,36)23-12-5-18(6-13-23)15-16-29-25(32)19-7-10-21(28)11-8-19/h5-14,17,22H,3-4,15-16H2,1-2H3,(H,29,32)(H,31,33). The fraction of sp³-hybridized carbons (Fsp3) is 0.259. The van der Waals surface area contributed by atoms with E-state index >= 15 is 0 Å². The molecule has 12 heteroatoms. The Morgan fingerprint density at radius 2 is 1.54 bits per heavy atom. The molecule has 0 saturated carbocycles. The SMILES string of the molecule is CCC(CC)OC(=O)Oc1ccc(C(=O)NS(=O)(=O)c2ccc(CCNC(=O)c3ccc(Cl)cc3)cc2)cn1. The molecule has 2 aromatic carbocycles. The second kappa shape index (κ2) is 13.7. The van der Waals surface area contributed by atoms with Crippen LogP contribution in [0.3, 0.4) is 0 Å². The lowest BCUT2D eigenvalue weighted by Crippen LogP contribution is -2.30. The molecule has 0 fully saturated rings. The van der Waals surface area contributed by atoms with Gasteiger partial charge in [-0.15, -0.1) is 0 Å². The Morgan fingerprint density at radius 1 is 0.897 bits per heavy atom. The summed E-state index contributed by atoms with van der Waals surface area (Å²) >= 11 is 5.83. The minimum absolute atomic E-state index is 0.0488. The van der Waals surface area contributed by atoms with Gasteiger partial charge in [0.15, 0.2) is 0 Å². The molecule has 0 radical (unpaired) electrons. The maximum Gasteiger partial charge on any atom is 0.515 e. The summed E-state index contributed by atoms with van der Waals surface area (Å²) < 4.78 is 37.4. The quantitative estimate of drug-likeness (QED) is 0.319. The number of sulfonamides is 1. The summed E-state index contributed by atoms with van der Waals surface area (Å²) in [5.74, 6) is -1.24. The van der Waals surface area contributed by atoms with Crippen molar-refractivity contribution in [2.45, 2.75) is 44.1 Å². The summed E-state index contributed by atoms with van der Waals surface area (Å²) in [6, 6.07) is 15.0. The van der Waals surface area contributed by atoms with Gasteiger partial charge in [0.25, 0.3) is 21.8 Å². The molecule has 2 N–H and O–H groups in total. The van der Waals surface area contributed by atoms with E-state index < -0.39 is 22.1 Å². The van der Waals surface area contributed by atoms with Gasteiger partial charge < -0.3 is 14.8 Å². The molecular formula is C27H28ClN3O7S. The maximum absolute atomic E-state index is 12.7. The van der Waals surface area contributed by atoms with Crippen LogP contribution in [0.5, 0.6) is 5.88 Å². The number of benzene rings is 2. The van der Waals surface area contributed by atoms with Crippen LogP contribution in [0.15, 0.2) is 71.8 Å². The zero-order valence-electron chi connectivity index (χ0n) is 21.3. The lowest BCUT2D eigenvalue weighted by molar-refractivity contribution is 0.0538. The number of aromatic nitrogens is 1. The molecule has 10 nitrogen and oxygen atoms in total. The molecule has 0 atom stereocenters. The first-order valence-corrected chi connectivity index (χ1v) is 14.0. The van der Waals surface area contributed by atoms with Crippen LogP contribution in [0.2, 0.25) is 5.02 Å². The Morgan fingerprint density at radius 3 is 2.13 bits per heavy atom. The number of hydrogen-bond acceptors (Lipinski definition) is 8. The third-order valence-corrected chi connectivity index (χ3v) is 7.23. The molecule has 206 valence electrons. The first kappa shape index (κ1) is 29.6. The van der Waals surface area contributed by atoms with Gasteiger partial charge in [0.1, 0.15) is 6.10 Å². The Balaban J connectivity index is 1.52. The molecule has 0 unspecified atom stereocenters. The highest BCUT2D eigenvalue weighted by Gasteiger charge is 2.20. The van der Waals surface area contributed by atoms with Crippen LogP contribution in [0.4, 0.5) is 4.79 Å². The maximum atomic E-state index is 12.7. The average Bonchev–Trinajstić information content (AvgIpc) is 2.92. The van der Waals surface area contributed by atoms with Gasteiger partial charge in [-0.3, -0.25) is 9.59 Å². The number of hydrogen-bond donors (Lipinski definition) is 2. The Labute approximate surface area is 231 Å². The van der Waals surface area contributed by atoms with Gasteiger partial charge in [-0.2, -0.15) is 0 Å². The smallest absolute Gasteiger partial charge is 0.431 e. The number of carbonyl (C=O) groups excluding carboxylic acids is 3. The molecule has 0 aliphatic carbocycles. The van der Waals surface area contributed by atoms with Crippen LogP contribution < -0.4 is 14.8 Å². The van der Waals surface area contributed by atoms with Gasteiger partial charge in [-0.25, -0.2) is 22.9 Å². The fourth-order valence-corrected chi connectivity index (χ4v) is 4.47. The van der Waals surface area contributed by atoms with E-state index in [0.29, 0.717) is 36.4 Å². The molecule has 0 bridgehead atoms. The molecular weight excluding hydrogens is 546 g/mol. The highest BCUT2D eigenvalue weighted by Crippen LogP contribution is 2.14. The van der Waals surface area contributed by atoms with Crippen molar-refractivity contribution in [2.24, 2.45) is 0 Å². The van der Waals surface area contributed by atoms with Gasteiger partial charge >= 0.3 is 6.16 Å². The summed E-state index contributed by atoms with van der Waals surface area (Å²) in [7, 11) is -4.16. The van der Waals surface area contributed by atoms with Crippen LogP contribution in [-0.4, -0.2) is 44.0 Å². The summed E-state index contributed by atoms with van der Waals surface area (Å²) in [5.41, 5.74) is 1.22. The molecule has 39 heavy (non-hydrogen) atoms. The highest BCUT2D eigenvalue weighted by molar-refractivity contribution is 7.90. The molecule has 2 amide bonds. The number of nitrogens with one attached hydrogen (secondary N) is 2. The molecule has 0 aliphatic rings. The van der Waals surface area contributed by atoms with Gasteiger partial charge in [-0.1, -0.05) is 37.6 Å². The van der Waals surface area contributed by atoms with E-state index in [0.717, 1.165) is 11.8 Å². The minimum atomic E-state index is -4.16. The Bertz CT molecular complexity index is 1390. The summed E-state index contributed by atoms with van der Waals surface area (Å²) in [5, 5.41) is 3.32. The largest absolute Gasteiger partial charge is 0.515 e. The lowest BCUT2D eigenvalue weighted by Gasteiger charge is -2.13. The van der Waals surface area contributed by atoms with Crippen molar-refractivity contribution < 1.29 is 32.3 Å². The third kappa shape index (κ3) is 8.79. The molecule has 0 aliphatic heterocycles. The topological polar surface area (TPSA) is 141 Å². The zero-order valence-corrected chi connectivity index (χ0v) is 22.9. The number of carbonyl (C=O) groups is 3. The lowest BCUT2D eigenvalue weighted by atomic mass is 10.1. The zero-order chi connectivity index (χ0) is 28.4. The first-order valence-electron chi connectivity index (χ1n) is 12.2. The van der Waals surface area contributed by atoms with Crippen molar-refractivity contribution in [1.82, 2.24) is 15.0 Å². The number of nitrogens with zero attached hydrogens (tertiary/aromatic N) is 1. The van der Waals surface area contributed by atoms with Gasteiger partial charge in [0, 0.05) is 29.4 Å². The monoisotopic (exact) mass is 573 g/mol. The predicted molar refractivity (Wildman–Crippen MR) is 144 cm³/mol. The van der Waals surface area contributed by atoms with Crippen LogP contribution in [-0.2, 0) is 21.2 Å². The molecule has 1 aromatic heterocycles. The molecule has 0 spiro atoms. The number of amides is 2. The van der Waals surface area contributed by atoms with Crippen molar-refractivity contribution in [2.75, 3.05) is 6.54 Å². The van der Waals surface area contributed by atoms with Crippen molar-refractivity contribution >= 4 is 39.6 Å². The van der Waals surface area contributed by atoms with Crippen LogP contribution >= 0.6 is 11.6 Å². The van der Waals surface area contributed by atoms with Crippen molar-refractivity contribution in [3.05, 3.63) is 88.6 Å². The van der Waals surface area contributed by atoms with E-state index in [1.54, 1.807) is 36.4 Å². The third-order valence-electron chi connectivity index (χ3n) is 5.63. The predicted octanol–water partition coefficient (Wildman–Crippen LogP) is 4.53. The molecule has 3 aromatic rings. The van der Waals surface area contributed by atoms with Crippen molar-refractivity contribution in [1.29, 1.82) is 0 Å². The fourth-order valence-electron chi connectivity index (χ4n) is 3.37. The van der Waals surface area contributed by atoms with E-state index in [4.69, 9.17) is 21.1 Å². The van der Waals surface area contributed by atoms with E-state index in [9.17, 15) is 22.8 Å². The van der Waals surface area contributed by atoms with Gasteiger partial charge in [0.05, 0.1) is 10.5 Å². The first-order chi connectivity index (χ1) is 18.6. The second-order valence-electron chi connectivity index (χ2n) is 8.38. The molecule has 0 saturated heterocycles. The molecule has 3 rings (SSSR count). The van der Waals surface area contributed by atoms with Gasteiger partial charge in [-0.05, 0) is 67.3 Å². The van der Waals surface area contributed by atoms with E-state index in [1.807, 2.05) is 18.6 Å². The Hall–Kier alpha value is -3.96. The molecule has 1 heterocycles. The summed E-state index contributed by atoms with van der Waals surface area (Å²) in [6.07, 6.45) is 1.65. The Kier molecular flexibility index (Phi) is 10.4. The summed E-state index contributed by atoms with van der Waals surface area (Å²) in [6.45, 7) is 4.09. The van der Waals surface area contributed by atoms with Crippen LogP contribution in [0.25, 0.3) is 0 Å². The second-order valence-corrected chi connectivity index (χ2v) is 10.5. The number of ether oxygens (including phenoxy) is 2. The number of pyridine rings is 1. The average molecular weight is 574 g/mol.